The second kappa shape index (κ2) is 5.88. The van der Waals surface area contributed by atoms with Crippen molar-refractivity contribution in [2.24, 2.45) is 11.8 Å². The van der Waals surface area contributed by atoms with Crippen LogP contribution in [-0.4, -0.2) is 31.0 Å². The molecule has 0 aromatic heterocycles. The fourth-order valence-electron chi connectivity index (χ4n) is 4.04. The minimum Gasteiger partial charge on any atom is -0.489 e. The molecule has 1 fully saturated rings. The van der Waals surface area contributed by atoms with Crippen LogP contribution in [-0.2, 0) is 6.42 Å². The minimum absolute atomic E-state index is 0.0993. The van der Waals surface area contributed by atoms with Crippen LogP contribution >= 0.6 is 0 Å². The van der Waals surface area contributed by atoms with E-state index in [9.17, 15) is 4.79 Å². The van der Waals surface area contributed by atoms with E-state index in [1.165, 1.54) is 24.8 Å². The molecule has 120 valence electrons. The summed E-state index contributed by atoms with van der Waals surface area (Å²) in [6, 6.07) is 5.81. The van der Waals surface area contributed by atoms with Crippen molar-refractivity contribution in [1.29, 1.82) is 0 Å². The van der Waals surface area contributed by atoms with E-state index in [2.05, 4.69) is 18.2 Å². The topological polar surface area (TPSA) is 29.5 Å². The van der Waals surface area contributed by atoms with Gasteiger partial charge in [-0.05, 0) is 48.8 Å². The van der Waals surface area contributed by atoms with Gasteiger partial charge in [-0.25, -0.2) is 0 Å². The first-order chi connectivity index (χ1) is 11.2. The fourth-order valence-corrected chi connectivity index (χ4v) is 4.04. The molecule has 2 atom stereocenters. The maximum absolute atomic E-state index is 12.2. The summed E-state index contributed by atoms with van der Waals surface area (Å²) in [7, 11) is 1.86. The average molecular weight is 309 g/mol. The number of hydrogen-bond donors (Lipinski definition) is 0. The number of carbonyl (C=O) groups excluding carboxylic acids is 1. The second-order valence-corrected chi connectivity index (χ2v) is 6.91. The summed E-state index contributed by atoms with van der Waals surface area (Å²) in [5.74, 6) is 2.42. The van der Waals surface area contributed by atoms with E-state index in [1.807, 2.05) is 25.2 Å². The van der Waals surface area contributed by atoms with Crippen molar-refractivity contribution in [3.63, 3.8) is 0 Å². The molecule has 3 nitrogen and oxygen atoms in total. The Morgan fingerprint density at radius 3 is 3.04 bits per heavy atom. The Kier molecular flexibility index (Phi) is 3.72. The molecular weight excluding hydrogens is 286 g/mol. The van der Waals surface area contributed by atoms with Gasteiger partial charge in [-0.3, -0.25) is 4.79 Å². The van der Waals surface area contributed by atoms with Crippen LogP contribution in [0.1, 0.15) is 35.2 Å². The van der Waals surface area contributed by atoms with Crippen LogP contribution in [0.5, 0.6) is 5.75 Å². The molecule has 1 heterocycles. The molecule has 0 spiro atoms. The third kappa shape index (κ3) is 2.69. The molecule has 1 saturated carbocycles. The van der Waals surface area contributed by atoms with E-state index in [0.29, 0.717) is 12.5 Å². The summed E-state index contributed by atoms with van der Waals surface area (Å²) in [5.41, 5.74) is 3.13. The first kappa shape index (κ1) is 14.6. The number of rotatable bonds is 3. The Bertz CT molecular complexity index is 689. The zero-order valence-electron chi connectivity index (χ0n) is 13.6. The van der Waals surface area contributed by atoms with Gasteiger partial charge in [0.1, 0.15) is 12.4 Å². The third-order valence-corrected chi connectivity index (χ3v) is 5.41. The van der Waals surface area contributed by atoms with Crippen molar-refractivity contribution >= 4 is 5.91 Å². The number of hydrogen-bond acceptors (Lipinski definition) is 2. The van der Waals surface area contributed by atoms with Crippen LogP contribution in [0.25, 0.3) is 0 Å². The number of amides is 1. The number of nitrogens with zero attached hydrogens (tertiary/aromatic N) is 1. The third-order valence-electron chi connectivity index (χ3n) is 5.41. The number of likely N-dealkylation sites (N-methyl/N-ethyl adjacent to an activating group) is 1. The number of ether oxygens (including phenoxy) is 1. The predicted molar refractivity (Wildman–Crippen MR) is 90.7 cm³/mol. The molecule has 3 aliphatic rings. The van der Waals surface area contributed by atoms with Gasteiger partial charge in [0, 0.05) is 24.7 Å². The zero-order chi connectivity index (χ0) is 15.8. The van der Waals surface area contributed by atoms with E-state index in [4.69, 9.17) is 4.74 Å². The Morgan fingerprint density at radius 1 is 1.26 bits per heavy atom. The Morgan fingerprint density at radius 2 is 2.13 bits per heavy atom. The van der Waals surface area contributed by atoms with Crippen molar-refractivity contribution in [1.82, 2.24) is 4.90 Å². The summed E-state index contributed by atoms with van der Waals surface area (Å²) in [6.45, 7) is 1.36. The first-order valence-corrected chi connectivity index (χ1v) is 8.61. The smallest absolute Gasteiger partial charge is 0.254 e. The van der Waals surface area contributed by atoms with Crippen molar-refractivity contribution in [3.05, 3.63) is 53.1 Å². The van der Waals surface area contributed by atoms with Crippen molar-refractivity contribution < 1.29 is 9.53 Å². The molecule has 23 heavy (non-hydrogen) atoms. The van der Waals surface area contributed by atoms with Crippen molar-refractivity contribution in [2.45, 2.75) is 25.7 Å². The highest BCUT2D eigenvalue weighted by atomic mass is 16.5. The maximum atomic E-state index is 12.2. The molecule has 4 rings (SSSR count). The van der Waals surface area contributed by atoms with E-state index < -0.39 is 0 Å². The molecular formula is C20H23NO2. The molecule has 0 N–H and O–H groups in total. The van der Waals surface area contributed by atoms with Crippen LogP contribution in [0, 0.1) is 11.8 Å². The standard InChI is InChI=1S/C20H23NO2/c1-21-11-10-17-18(20(21)22)6-3-7-19(17)23-13-14-8-9-15-4-2-5-16(15)12-14/h3,6-9,12,15-16H,2,4-5,10-11,13H2,1H3. The molecule has 1 aromatic carbocycles. The molecule has 1 amide bonds. The quantitative estimate of drug-likeness (QED) is 0.853. The van der Waals surface area contributed by atoms with Gasteiger partial charge < -0.3 is 9.64 Å². The van der Waals surface area contributed by atoms with Crippen LogP contribution < -0.4 is 4.74 Å². The lowest BCUT2D eigenvalue weighted by Gasteiger charge is -2.26. The normalized spacial score (nSPS) is 25.9. The summed E-state index contributed by atoms with van der Waals surface area (Å²) in [5, 5.41) is 0. The number of benzene rings is 1. The molecule has 2 aliphatic carbocycles. The lowest BCUT2D eigenvalue weighted by molar-refractivity contribution is 0.0779. The first-order valence-electron chi connectivity index (χ1n) is 8.61. The van der Waals surface area contributed by atoms with E-state index in [-0.39, 0.29) is 5.91 Å². The van der Waals surface area contributed by atoms with Gasteiger partial charge in [-0.1, -0.05) is 30.7 Å². The van der Waals surface area contributed by atoms with Crippen LogP contribution in [0.15, 0.2) is 42.0 Å². The second-order valence-electron chi connectivity index (χ2n) is 6.91. The van der Waals surface area contributed by atoms with Crippen LogP contribution in [0.3, 0.4) is 0 Å². The summed E-state index contributed by atoms with van der Waals surface area (Å²) < 4.78 is 6.09. The molecule has 0 radical (unpaired) electrons. The SMILES string of the molecule is CN1CCc2c(OCC3=CC4CCCC4C=C3)cccc2C1=O. The Labute approximate surface area is 137 Å². The summed E-state index contributed by atoms with van der Waals surface area (Å²) in [6.07, 6.45) is 11.8. The van der Waals surface area contributed by atoms with E-state index >= 15 is 0 Å². The van der Waals surface area contributed by atoms with Gasteiger partial charge in [0.15, 0.2) is 0 Å². The number of carbonyl (C=O) groups is 1. The lowest BCUT2D eigenvalue weighted by Crippen LogP contribution is -2.34. The van der Waals surface area contributed by atoms with E-state index in [1.54, 1.807) is 4.90 Å². The van der Waals surface area contributed by atoms with Crippen molar-refractivity contribution in [3.8, 4) is 5.75 Å². The van der Waals surface area contributed by atoms with E-state index in [0.717, 1.165) is 35.8 Å². The Balaban J connectivity index is 1.50. The summed E-state index contributed by atoms with van der Waals surface area (Å²) >= 11 is 0. The highest BCUT2D eigenvalue weighted by Gasteiger charge is 2.27. The van der Waals surface area contributed by atoms with Crippen LogP contribution in [0.4, 0.5) is 0 Å². The average Bonchev–Trinajstić information content (AvgIpc) is 3.04. The highest BCUT2D eigenvalue weighted by Crippen LogP contribution is 2.37. The molecule has 0 bridgehead atoms. The molecule has 1 aliphatic heterocycles. The molecule has 1 aromatic rings. The van der Waals surface area contributed by atoms with Gasteiger partial charge in [0.2, 0.25) is 0 Å². The van der Waals surface area contributed by atoms with Gasteiger partial charge in [0.25, 0.3) is 5.91 Å². The maximum Gasteiger partial charge on any atom is 0.254 e. The molecule has 3 heteroatoms. The lowest BCUT2D eigenvalue weighted by atomic mass is 9.89. The zero-order valence-corrected chi connectivity index (χ0v) is 13.6. The van der Waals surface area contributed by atoms with Crippen LogP contribution in [0.2, 0.25) is 0 Å². The fraction of sp³-hybridized carbons (Fsp3) is 0.450. The molecule has 2 unspecified atom stereocenters. The van der Waals surface area contributed by atoms with Crippen molar-refractivity contribution in [2.75, 3.05) is 20.2 Å². The minimum atomic E-state index is 0.0993. The Hall–Kier alpha value is -2.03. The largest absolute Gasteiger partial charge is 0.489 e. The van der Waals surface area contributed by atoms with Gasteiger partial charge in [0.05, 0.1) is 0 Å². The van der Waals surface area contributed by atoms with Gasteiger partial charge in [-0.15, -0.1) is 0 Å². The van der Waals surface area contributed by atoms with Gasteiger partial charge in [-0.2, -0.15) is 0 Å². The predicted octanol–water partition coefficient (Wildman–Crippen LogP) is 3.61. The monoisotopic (exact) mass is 309 g/mol. The summed E-state index contributed by atoms with van der Waals surface area (Å²) in [4.78, 5) is 14.0. The molecule has 0 saturated heterocycles. The number of fused-ring (bicyclic) bond motifs is 2. The number of allylic oxidation sites excluding steroid dienone is 2. The highest BCUT2D eigenvalue weighted by molar-refractivity contribution is 5.97. The van der Waals surface area contributed by atoms with Gasteiger partial charge >= 0.3 is 0 Å².